The average molecular weight is 545 g/mol. The molecule has 0 spiro atoms. The van der Waals surface area contributed by atoms with Crippen molar-refractivity contribution in [3.8, 4) is 11.5 Å². The number of rotatable bonds is 12. The van der Waals surface area contributed by atoms with Crippen LogP contribution in [0.15, 0.2) is 67.0 Å². The zero-order chi connectivity index (χ0) is 28.7. The first kappa shape index (κ1) is 28.5. The highest BCUT2D eigenvalue weighted by Gasteiger charge is 2.34. The Morgan fingerprint density at radius 2 is 1.75 bits per heavy atom. The van der Waals surface area contributed by atoms with E-state index in [4.69, 9.17) is 9.47 Å². The van der Waals surface area contributed by atoms with Gasteiger partial charge in [-0.05, 0) is 74.2 Å². The van der Waals surface area contributed by atoms with Crippen LogP contribution >= 0.6 is 0 Å². The van der Waals surface area contributed by atoms with E-state index in [0.717, 1.165) is 17.5 Å². The summed E-state index contributed by atoms with van der Waals surface area (Å²) < 4.78 is 12.4. The Morgan fingerprint density at radius 1 is 1.02 bits per heavy atom. The van der Waals surface area contributed by atoms with E-state index in [0.29, 0.717) is 29.0 Å². The van der Waals surface area contributed by atoms with Crippen molar-refractivity contribution < 1.29 is 19.1 Å². The highest BCUT2D eigenvalue weighted by atomic mass is 16.5. The van der Waals surface area contributed by atoms with Crippen LogP contribution in [0.4, 0.5) is 0 Å². The summed E-state index contributed by atoms with van der Waals surface area (Å²) in [4.78, 5) is 33.7. The van der Waals surface area contributed by atoms with Crippen molar-refractivity contribution in [2.75, 3.05) is 20.8 Å². The SMILES string of the molecule is CCC(C)(C)NC(=O)C(c1ccncc1)N(CCc1ccc(OC)c(OC)c1)C(=O)Cn1nnc2ccccc21. The van der Waals surface area contributed by atoms with Gasteiger partial charge in [-0.2, -0.15) is 0 Å². The third-order valence-electron chi connectivity index (χ3n) is 7.04. The minimum absolute atomic E-state index is 0.0710. The Balaban J connectivity index is 1.71. The van der Waals surface area contributed by atoms with Crippen molar-refractivity contribution >= 4 is 22.8 Å². The van der Waals surface area contributed by atoms with Crippen molar-refractivity contribution in [2.24, 2.45) is 0 Å². The van der Waals surface area contributed by atoms with Gasteiger partial charge < -0.3 is 19.7 Å². The van der Waals surface area contributed by atoms with Gasteiger partial charge in [0.05, 0.1) is 19.7 Å². The van der Waals surface area contributed by atoms with Crippen molar-refractivity contribution in [1.82, 2.24) is 30.2 Å². The lowest BCUT2D eigenvalue weighted by atomic mass is 9.98. The van der Waals surface area contributed by atoms with Crippen LogP contribution in [-0.2, 0) is 22.6 Å². The number of carbonyl (C=O) groups excluding carboxylic acids is 2. The van der Waals surface area contributed by atoms with E-state index in [1.54, 1.807) is 48.3 Å². The van der Waals surface area contributed by atoms with Gasteiger partial charge in [0.15, 0.2) is 11.5 Å². The summed E-state index contributed by atoms with van der Waals surface area (Å²) in [6, 6.07) is 15.8. The molecule has 4 rings (SSSR count). The molecule has 2 aromatic carbocycles. The Kier molecular flexibility index (Phi) is 8.98. The topological polar surface area (TPSA) is 111 Å². The zero-order valence-electron chi connectivity index (χ0n) is 23.6. The molecule has 0 radical (unpaired) electrons. The number of benzene rings is 2. The van der Waals surface area contributed by atoms with Crippen LogP contribution in [0.3, 0.4) is 0 Å². The van der Waals surface area contributed by atoms with Gasteiger partial charge in [0.25, 0.3) is 0 Å². The molecule has 210 valence electrons. The largest absolute Gasteiger partial charge is 0.493 e. The van der Waals surface area contributed by atoms with Crippen LogP contribution in [0, 0.1) is 0 Å². The number of amides is 2. The highest BCUT2D eigenvalue weighted by molar-refractivity contribution is 5.89. The summed E-state index contributed by atoms with van der Waals surface area (Å²) in [5.41, 5.74) is 2.59. The number of carbonyl (C=O) groups is 2. The molecular formula is C30H36N6O4. The first-order valence-corrected chi connectivity index (χ1v) is 13.3. The molecule has 1 N–H and O–H groups in total. The molecule has 0 bridgehead atoms. The number of hydrogen-bond acceptors (Lipinski definition) is 7. The Hall–Kier alpha value is -4.47. The van der Waals surface area contributed by atoms with Crippen LogP contribution in [0.5, 0.6) is 11.5 Å². The number of fused-ring (bicyclic) bond motifs is 1. The fourth-order valence-corrected chi connectivity index (χ4v) is 4.45. The second-order valence-electron chi connectivity index (χ2n) is 10.2. The average Bonchev–Trinajstić information content (AvgIpc) is 3.37. The fourth-order valence-electron chi connectivity index (χ4n) is 4.45. The maximum Gasteiger partial charge on any atom is 0.247 e. The maximum absolute atomic E-state index is 14.1. The number of aromatic nitrogens is 4. The molecule has 0 fully saturated rings. The molecule has 2 heterocycles. The van der Waals surface area contributed by atoms with E-state index >= 15 is 0 Å². The second-order valence-corrected chi connectivity index (χ2v) is 10.2. The van der Waals surface area contributed by atoms with Crippen molar-refractivity contribution in [2.45, 2.75) is 51.7 Å². The lowest BCUT2D eigenvalue weighted by Crippen LogP contribution is -2.51. The molecule has 0 saturated heterocycles. The molecule has 4 aromatic rings. The summed E-state index contributed by atoms with van der Waals surface area (Å²) in [6.45, 7) is 6.14. The highest BCUT2D eigenvalue weighted by Crippen LogP contribution is 2.29. The minimum atomic E-state index is -0.878. The zero-order valence-corrected chi connectivity index (χ0v) is 23.6. The molecular weight excluding hydrogens is 508 g/mol. The van der Waals surface area contributed by atoms with E-state index in [1.807, 2.05) is 63.2 Å². The predicted molar refractivity (Wildman–Crippen MR) is 152 cm³/mol. The molecule has 10 heteroatoms. The van der Waals surface area contributed by atoms with Crippen LogP contribution in [-0.4, -0.2) is 63.0 Å². The van der Waals surface area contributed by atoms with E-state index in [9.17, 15) is 9.59 Å². The van der Waals surface area contributed by atoms with Gasteiger partial charge in [-0.25, -0.2) is 4.68 Å². The molecule has 0 aliphatic carbocycles. The predicted octanol–water partition coefficient (Wildman–Crippen LogP) is 3.96. The van der Waals surface area contributed by atoms with E-state index in [1.165, 1.54) is 0 Å². The normalized spacial score (nSPS) is 12.1. The van der Waals surface area contributed by atoms with Gasteiger partial charge in [-0.3, -0.25) is 14.6 Å². The minimum Gasteiger partial charge on any atom is -0.493 e. The lowest BCUT2D eigenvalue weighted by Gasteiger charge is -2.34. The number of methoxy groups -OCH3 is 2. The van der Waals surface area contributed by atoms with E-state index in [-0.39, 0.29) is 24.9 Å². The molecule has 1 atom stereocenters. The van der Waals surface area contributed by atoms with Gasteiger partial charge in [0, 0.05) is 24.5 Å². The number of nitrogens with zero attached hydrogens (tertiary/aromatic N) is 5. The van der Waals surface area contributed by atoms with E-state index < -0.39 is 11.6 Å². The third-order valence-corrected chi connectivity index (χ3v) is 7.04. The quantitative estimate of drug-likeness (QED) is 0.287. The first-order valence-electron chi connectivity index (χ1n) is 13.3. The maximum atomic E-state index is 14.1. The smallest absolute Gasteiger partial charge is 0.247 e. The summed E-state index contributed by atoms with van der Waals surface area (Å²) in [5.74, 6) is 0.692. The summed E-state index contributed by atoms with van der Waals surface area (Å²) in [6.07, 6.45) is 4.47. The van der Waals surface area contributed by atoms with Crippen LogP contribution in [0.1, 0.15) is 44.4 Å². The van der Waals surface area contributed by atoms with Gasteiger partial charge in [0.1, 0.15) is 18.1 Å². The number of pyridine rings is 1. The number of hydrogen-bond donors (Lipinski definition) is 1. The third kappa shape index (κ3) is 6.56. The summed E-state index contributed by atoms with van der Waals surface area (Å²) in [5, 5.41) is 11.5. The summed E-state index contributed by atoms with van der Waals surface area (Å²) in [7, 11) is 3.17. The number of ether oxygens (including phenoxy) is 2. The molecule has 0 aliphatic rings. The first-order chi connectivity index (χ1) is 19.3. The van der Waals surface area contributed by atoms with Crippen molar-refractivity contribution in [1.29, 1.82) is 0 Å². The molecule has 1 unspecified atom stereocenters. The van der Waals surface area contributed by atoms with Crippen molar-refractivity contribution in [3.63, 3.8) is 0 Å². The van der Waals surface area contributed by atoms with Crippen molar-refractivity contribution in [3.05, 3.63) is 78.1 Å². The molecule has 10 nitrogen and oxygen atoms in total. The Morgan fingerprint density at radius 3 is 2.45 bits per heavy atom. The molecule has 2 aromatic heterocycles. The van der Waals surface area contributed by atoms with Gasteiger partial charge in [0.2, 0.25) is 11.8 Å². The molecule has 40 heavy (non-hydrogen) atoms. The Labute approximate surface area is 234 Å². The monoisotopic (exact) mass is 544 g/mol. The van der Waals surface area contributed by atoms with Crippen LogP contribution in [0.25, 0.3) is 11.0 Å². The number of para-hydroxylation sites is 1. The van der Waals surface area contributed by atoms with E-state index in [2.05, 4.69) is 20.6 Å². The molecule has 0 saturated carbocycles. The number of nitrogens with one attached hydrogen (secondary N) is 1. The van der Waals surface area contributed by atoms with Gasteiger partial charge >= 0.3 is 0 Å². The Bertz CT molecular complexity index is 1450. The van der Waals surface area contributed by atoms with Crippen LogP contribution in [0.2, 0.25) is 0 Å². The summed E-state index contributed by atoms with van der Waals surface area (Å²) >= 11 is 0. The van der Waals surface area contributed by atoms with Gasteiger partial charge in [-0.15, -0.1) is 5.10 Å². The van der Waals surface area contributed by atoms with Crippen LogP contribution < -0.4 is 14.8 Å². The lowest BCUT2D eigenvalue weighted by molar-refractivity contribution is -0.142. The van der Waals surface area contributed by atoms with Gasteiger partial charge in [-0.1, -0.05) is 30.3 Å². The fraction of sp³-hybridized carbons (Fsp3) is 0.367. The standard InChI is InChI=1S/C30H36N6O4/c1-6-30(2,3)32-29(38)28(22-13-16-31-17-14-22)35(18-15-21-11-12-25(39-4)26(19-21)40-5)27(37)20-36-24-10-8-7-9-23(24)33-34-36/h7-14,16-17,19,28H,6,15,18,20H2,1-5H3,(H,32,38). The molecule has 2 amide bonds. The second kappa shape index (κ2) is 12.6. The molecule has 0 aliphatic heterocycles.